The molecule has 1 aromatic carbocycles. The van der Waals surface area contributed by atoms with E-state index < -0.39 is 10.0 Å². The van der Waals surface area contributed by atoms with Crippen LogP contribution in [-0.4, -0.2) is 61.1 Å². The van der Waals surface area contributed by atoms with Gasteiger partial charge in [-0.3, -0.25) is 9.59 Å². The maximum absolute atomic E-state index is 12.9. The van der Waals surface area contributed by atoms with E-state index in [4.69, 9.17) is 0 Å². The van der Waals surface area contributed by atoms with Gasteiger partial charge in [0.2, 0.25) is 15.9 Å². The van der Waals surface area contributed by atoms with Crippen molar-refractivity contribution in [2.24, 2.45) is 0 Å². The van der Waals surface area contributed by atoms with E-state index in [0.717, 1.165) is 31.2 Å². The van der Waals surface area contributed by atoms with Gasteiger partial charge in [0, 0.05) is 31.9 Å². The summed E-state index contributed by atoms with van der Waals surface area (Å²) >= 11 is 0. The van der Waals surface area contributed by atoms with Crippen LogP contribution in [0.15, 0.2) is 47.5 Å². The summed E-state index contributed by atoms with van der Waals surface area (Å²) in [4.78, 5) is 30.4. The molecule has 0 spiro atoms. The molecule has 1 N–H and O–H groups in total. The van der Waals surface area contributed by atoms with Gasteiger partial charge in [0.1, 0.15) is 5.82 Å². The fraction of sp³-hybridized carbons (Fsp3) is 0.409. The lowest BCUT2D eigenvalue weighted by molar-refractivity contribution is -0.116. The lowest BCUT2D eigenvalue weighted by Crippen LogP contribution is -2.35. The monoisotopic (exact) mass is 444 g/mol. The molecule has 1 aliphatic heterocycles. The molecule has 1 aliphatic rings. The molecular weight excluding hydrogens is 416 g/mol. The summed E-state index contributed by atoms with van der Waals surface area (Å²) < 4.78 is 27.3. The first-order valence-corrected chi connectivity index (χ1v) is 11.8. The maximum Gasteiger partial charge on any atom is 0.254 e. The molecule has 2 heterocycles. The molecule has 31 heavy (non-hydrogen) atoms. The van der Waals surface area contributed by atoms with Crippen LogP contribution in [-0.2, 0) is 14.8 Å². The number of rotatable bonds is 6. The fourth-order valence-electron chi connectivity index (χ4n) is 3.50. The number of carbonyl (C=O) groups excluding carboxylic acids is 2. The molecule has 2 amide bonds. The number of sulfonamides is 1. The summed E-state index contributed by atoms with van der Waals surface area (Å²) in [5.74, 6) is -0.311. The maximum atomic E-state index is 12.9. The number of likely N-dealkylation sites (N-methyl/N-ethyl adjacent to an activating group) is 1. The SMILES string of the molecule is Cc1ccnc(NC(=O)CN(C)C(=O)c2ccc(S(=O)(=O)N3CCCCCC3)cc2)c1. The zero-order valence-corrected chi connectivity index (χ0v) is 18.7. The minimum Gasteiger partial charge on any atom is -0.332 e. The van der Waals surface area contributed by atoms with E-state index in [9.17, 15) is 18.0 Å². The van der Waals surface area contributed by atoms with Crippen LogP contribution in [0.3, 0.4) is 0 Å². The van der Waals surface area contributed by atoms with Crippen LogP contribution in [0.2, 0.25) is 0 Å². The summed E-state index contributed by atoms with van der Waals surface area (Å²) in [7, 11) is -2.05. The molecule has 0 saturated carbocycles. The van der Waals surface area contributed by atoms with Crippen molar-refractivity contribution >= 4 is 27.7 Å². The van der Waals surface area contributed by atoms with Crippen molar-refractivity contribution in [3.63, 3.8) is 0 Å². The second-order valence-corrected chi connectivity index (χ2v) is 9.71. The highest BCUT2D eigenvalue weighted by molar-refractivity contribution is 7.89. The number of hydrogen-bond donors (Lipinski definition) is 1. The molecule has 0 radical (unpaired) electrons. The van der Waals surface area contributed by atoms with Gasteiger partial charge < -0.3 is 10.2 Å². The lowest BCUT2D eigenvalue weighted by Gasteiger charge is -2.20. The van der Waals surface area contributed by atoms with Crippen molar-refractivity contribution in [1.82, 2.24) is 14.2 Å². The Morgan fingerprint density at radius 1 is 1.06 bits per heavy atom. The highest BCUT2D eigenvalue weighted by atomic mass is 32.2. The van der Waals surface area contributed by atoms with E-state index in [2.05, 4.69) is 10.3 Å². The zero-order chi connectivity index (χ0) is 22.4. The Hall–Kier alpha value is -2.78. The molecule has 9 heteroatoms. The number of nitrogens with zero attached hydrogens (tertiary/aromatic N) is 3. The molecule has 0 bridgehead atoms. The van der Waals surface area contributed by atoms with Gasteiger partial charge in [0.05, 0.1) is 11.4 Å². The van der Waals surface area contributed by atoms with E-state index in [1.165, 1.54) is 40.5 Å². The Labute approximate surface area is 183 Å². The molecule has 1 aromatic heterocycles. The van der Waals surface area contributed by atoms with Crippen molar-refractivity contribution < 1.29 is 18.0 Å². The van der Waals surface area contributed by atoms with E-state index in [0.29, 0.717) is 24.5 Å². The molecule has 166 valence electrons. The number of benzene rings is 1. The van der Waals surface area contributed by atoms with Crippen LogP contribution in [0, 0.1) is 6.92 Å². The minimum atomic E-state index is -3.57. The van der Waals surface area contributed by atoms with Gasteiger partial charge in [-0.05, 0) is 61.7 Å². The first-order valence-electron chi connectivity index (χ1n) is 10.4. The predicted octanol–water partition coefficient (Wildman–Crippen LogP) is 2.67. The Morgan fingerprint density at radius 3 is 2.32 bits per heavy atom. The Bertz CT molecular complexity index is 1030. The smallest absolute Gasteiger partial charge is 0.254 e. The van der Waals surface area contributed by atoms with Gasteiger partial charge in [0.25, 0.3) is 5.91 Å². The predicted molar refractivity (Wildman–Crippen MR) is 118 cm³/mol. The van der Waals surface area contributed by atoms with Crippen molar-refractivity contribution in [1.29, 1.82) is 0 Å². The molecule has 2 aromatic rings. The van der Waals surface area contributed by atoms with E-state index in [1.807, 2.05) is 13.0 Å². The average Bonchev–Trinajstić information content (AvgIpc) is 3.03. The first kappa shape index (κ1) is 22.9. The summed E-state index contributed by atoms with van der Waals surface area (Å²) in [6.07, 6.45) is 5.40. The van der Waals surface area contributed by atoms with E-state index in [1.54, 1.807) is 12.3 Å². The molecule has 3 rings (SSSR count). The number of aromatic nitrogens is 1. The zero-order valence-electron chi connectivity index (χ0n) is 17.9. The van der Waals surface area contributed by atoms with Crippen molar-refractivity contribution in [2.75, 3.05) is 32.0 Å². The normalized spacial score (nSPS) is 15.2. The minimum absolute atomic E-state index is 0.151. The summed E-state index contributed by atoms with van der Waals surface area (Å²) in [6, 6.07) is 9.45. The summed E-state index contributed by atoms with van der Waals surface area (Å²) in [5.41, 5.74) is 1.28. The Morgan fingerprint density at radius 2 is 1.71 bits per heavy atom. The Kier molecular flexibility index (Phi) is 7.40. The molecule has 0 atom stereocenters. The number of hydrogen-bond acceptors (Lipinski definition) is 5. The highest BCUT2D eigenvalue weighted by Crippen LogP contribution is 2.21. The fourth-order valence-corrected chi connectivity index (χ4v) is 5.01. The molecule has 0 unspecified atom stereocenters. The van der Waals surface area contributed by atoms with Gasteiger partial charge in [-0.25, -0.2) is 13.4 Å². The van der Waals surface area contributed by atoms with E-state index >= 15 is 0 Å². The van der Waals surface area contributed by atoms with Crippen LogP contribution in [0.1, 0.15) is 41.6 Å². The first-order chi connectivity index (χ1) is 14.8. The number of carbonyl (C=O) groups is 2. The Balaban J connectivity index is 1.63. The van der Waals surface area contributed by atoms with Gasteiger partial charge in [-0.1, -0.05) is 12.8 Å². The largest absolute Gasteiger partial charge is 0.332 e. The third-order valence-electron chi connectivity index (χ3n) is 5.21. The van der Waals surface area contributed by atoms with Crippen LogP contribution < -0.4 is 5.32 Å². The molecule has 8 nitrogen and oxygen atoms in total. The van der Waals surface area contributed by atoms with Crippen molar-refractivity contribution in [3.8, 4) is 0 Å². The summed E-state index contributed by atoms with van der Waals surface area (Å²) in [6.45, 7) is 2.79. The van der Waals surface area contributed by atoms with Gasteiger partial charge >= 0.3 is 0 Å². The topological polar surface area (TPSA) is 99.7 Å². The number of amides is 2. The molecule has 1 fully saturated rings. The lowest BCUT2D eigenvalue weighted by atomic mass is 10.2. The quantitative estimate of drug-likeness (QED) is 0.738. The third-order valence-corrected chi connectivity index (χ3v) is 7.13. The number of aryl methyl sites for hydroxylation is 1. The second kappa shape index (κ2) is 10.0. The van der Waals surface area contributed by atoms with Crippen LogP contribution in [0.4, 0.5) is 5.82 Å². The molecule has 0 aliphatic carbocycles. The number of anilines is 1. The third kappa shape index (κ3) is 5.89. The average molecular weight is 445 g/mol. The molecule has 1 saturated heterocycles. The van der Waals surface area contributed by atoms with E-state index in [-0.39, 0.29) is 23.3 Å². The second-order valence-electron chi connectivity index (χ2n) is 7.77. The summed E-state index contributed by atoms with van der Waals surface area (Å²) in [5, 5.41) is 2.66. The standard InChI is InChI=1S/C22H28N4O4S/c1-17-11-12-23-20(15-17)24-21(27)16-25(2)22(28)18-7-9-19(10-8-18)31(29,30)26-13-5-3-4-6-14-26/h7-12,15H,3-6,13-14,16H2,1-2H3,(H,23,24,27). The van der Waals surface area contributed by atoms with Gasteiger partial charge in [-0.2, -0.15) is 4.31 Å². The highest BCUT2D eigenvalue weighted by Gasteiger charge is 2.25. The van der Waals surface area contributed by atoms with Crippen molar-refractivity contribution in [2.45, 2.75) is 37.5 Å². The number of nitrogens with one attached hydrogen (secondary N) is 1. The van der Waals surface area contributed by atoms with Crippen molar-refractivity contribution in [3.05, 3.63) is 53.7 Å². The van der Waals surface area contributed by atoms with Gasteiger partial charge in [0.15, 0.2) is 0 Å². The van der Waals surface area contributed by atoms with Crippen LogP contribution in [0.25, 0.3) is 0 Å². The van der Waals surface area contributed by atoms with Crippen LogP contribution >= 0.6 is 0 Å². The molecular formula is C22H28N4O4S. The number of pyridine rings is 1. The van der Waals surface area contributed by atoms with Crippen LogP contribution in [0.5, 0.6) is 0 Å². The van der Waals surface area contributed by atoms with Gasteiger partial charge in [-0.15, -0.1) is 0 Å².